The fourth-order valence-electron chi connectivity index (χ4n) is 0.214. The number of hydrogen-bond donors (Lipinski definition) is 2. The number of nitrogens with zero attached hydrogens (tertiary/aromatic N) is 2. The van der Waals surface area contributed by atoms with Crippen LogP contribution in [0.5, 0.6) is 0 Å². The average molecular weight is 128 g/mol. The van der Waals surface area contributed by atoms with Crippen molar-refractivity contribution in [2.45, 2.75) is 20.3 Å². The van der Waals surface area contributed by atoms with E-state index in [1.54, 1.807) is 6.92 Å². The maximum absolute atomic E-state index is 5.31. The second kappa shape index (κ2) is 3.88. The fraction of sp³-hybridized carbons (Fsp3) is 0.600. The van der Waals surface area contributed by atoms with Crippen LogP contribution < -0.4 is 11.5 Å². The van der Waals surface area contributed by atoms with Gasteiger partial charge in [-0.1, -0.05) is 6.92 Å². The van der Waals surface area contributed by atoms with Gasteiger partial charge in [0.15, 0.2) is 0 Å². The highest BCUT2D eigenvalue weighted by atomic mass is 15.2. The van der Waals surface area contributed by atoms with Crippen molar-refractivity contribution in [3.63, 3.8) is 0 Å². The molecule has 0 aliphatic heterocycles. The first kappa shape index (κ1) is 7.94. The highest BCUT2D eigenvalue weighted by Gasteiger charge is 1.81. The van der Waals surface area contributed by atoms with Gasteiger partial charge in [0.1, 0.15) is 11.7 Å². The first-order valence-corrected chi connectivity index (χ1v) is 2.79. The molecule has 52 valence electrons. The lowest BCUT2D eigenvalue weighted by Gasteiger charge is -1.88. The Morgan fingerprint density at radius 3 is 2.22 bits per heavy atom. The summed E-state index contributed by atoms with van der Waals surface area (Å²) in [4.78, 5) is 0. The third-order valence-electron chi connectivity index (χ3n) is 0.698. The molecule has 0 aromatic heterocycles. The topological polar surface area (TPSA) is 76.8 Å². The molecule has 0 spiro atoms. The fourth-order valence-corrected chi connectivity index (χ4v) is 0.214. The summed E-state index contributed by atoms with van der Waals surface area (Å²) in [5.74, 6) is 0.922. The van der Waals surface area contributed by atoms with E-state index in [1.807, 2.05) is 6.92 Å². The molecule has 0 aliphatic rings. The monoisotopic (exact) mass is 128 g/mol. The molecule has 4 N–H and O–H groups in total. The van der Waals surface area contributed by atoms with Crippen molar-refractivity contribution < 1.29 is 0 Å². The second-order valence-corrected chi connectivity index (χ2v) is 1.69. The minimum Gasteiger partial charge on any atom is -0.386 e. The van der Waals surface area contributed by atoms with Crippen molar-refractivity contribution >= 4 is 11.7 Å². The molecule has 0 heterocycles. The largest absolute Gasteiger partial charge is 0.386 e. The molecule has 0 amide bonds. The summed E-state index contributed by atoms with van der Waals surface area (Å²) in [5, 5.41) is 7.15. The zero-order chi connectivity index (χ0) is 7.28. The molecule has 0 radical (unpaired) electrons. The van der Waals surface area contributed by atoms with E-state index in [-0.39, 0.29) is 0 Å². The first-order valence-electron chi connectivity index (χ1n) is 2.79. The SMILES string of the molecule is CC/C(N)=N/N=C(/C)N. The minimum atomic E-state index is 0.423. The van der Waals surface area contributed by atoms with Crippen LogP contribution in [-0.4, -0.2) is 11.7 Å². The van der Waals surface area contributed by atoms with E-state index in [4.69, 9.17) is 11.5 Å². The van der Waals surface area contributed by atoms with Crippen molar-refractivity contribution in [1.29, 1.82) is 0 Å². The van der Waals surface area contributed by atoms with Crippen LogP contribution in [0.1, 0.15) is 20.3 Å². The molecule has 0 saturated heterocycles. The smallest absolute Gasteiger partial charge is 0.122 e. The van der Waals surface area contributed by atoms with Gasteiger partial charge < -0.3 is 11.5 Å². The molecule has 9 heavy (non-hydrogen) atoms. The molecule has 0 atom stereocenters. The van der Waals surface area contributed by atoms with E-state index in [9.17, 15) is 0 Å². The lowest BCUT2D eigenvalue weighted by Crippen LogP contribution is -2.10. The Hall–Kier alpha value is -1.06. The number of nitrogens with two attached hydrogens (primary N) is 2. The van der Waals surface area contributed by atoms with Gasteiger partial charge in [0.2, 0.25) is 0 Å². The van der Waals surface area contributed by atoms with Crippen LogP contribution in [0.15, 0.2) is 10.2 Å². The Labute approximate surface area is 54.6 Å². The summed E-state index contributed by atoms with van der Waals surface area (Å²) in [6.45, 7) is 3.56. The van der Waals surface area contributed by atoms with Gasteiger partial charge in [-0.15, -0.1) is 10.2 Å². The Morgan fingerprint density at radius 2 is 1.89 bits per heavy atom. The van der Waals surface area contributed by atoms with Crippen LogP contribution in [0.2, 0.25) is 0 Å². The van der Waals surface area contributed by atoms with Crippen LogP contribution >= 0.6 is 0 Å². The maximum Gasteiger partial charge on any atom is 0.122 e. The molecule has 0 bridgehead atoms. The van der Waals surface area contributed by atoms with Gasteiger partial charge >= 0.3 is 0 Å². The Balaban J connectivity index is 3.83. The predicted octanol–water partition coefficient (Wildman–Crippen LogP) is 0.0457. The summed E-state index contributed by atoms with van der Waals surface area (Å²) in [7, 11) is 0. The van der Waals surface area contributed by atoms with Gasteiger partial charge in [0.05, 0.1) is 0 Å². The molecular formula is C5H12N4. The zero-order valence-electron chi connectivity index (χ0n) is 5.76. The van der Waals surface area contributed by atoms with Crippen LogP contribution in [-0.2, 0) is 0 Å². The van der Waals surface area contributed by atoms with E-state index in [0.29, 0.717) is 18.1 Å². The molecule has 0 aromatic carbocycles. The van der Waals surface area contributed by atoms with E-state index < -0.39 is 0 Å². The van der Waals surface area contributed by atoms with Gasteiger partial charge in [0, 0.05) is 6.42 Å². The van der Waals surface area contributed by atoms with Crippen molar-refractivity contribution in [2.75, 3.05) is 0 Å². The van der Waals surface area contributed by atoms with Crippen molar-refractivity contribution in [1.82, 2.24) is 0 Å². The Morgan fingerprint density at radius 1 is 1.33 bits per heavy atom. The third-order valence-corrected chi connectivity index (χ3v) is 0.698. The van der Waals surface area contributed by atoms with E-state index in [2.05, 4.69) is 10.2 Å². The van der Waals surface area contributed by atoms with Crippen LogP contribution in [0, 0.1) is 0 Å². The maximum atomic E-state index is 5.31. The zero-order valence-corrected chi connectivity index (χ0v) is 5.76. The van der Waals surface area contributed by atoms with E-state index in [1.165, 1.54) is 0 Å². The second-order valence-electron chi connectivity index (χ2n) is 1.69. The summed E-state index contributed by atoms with van der Waals surface area (Å²) in [6, 6.07) is 0. The summed E-state index contributed by atoms with van der Waals surface area (Å²) in [6.07, 6.45) is 0.705. The van der Waals surface area contributed by atoms with Crippen LogP contribution in [0.25, 0.3) is 0 Å². The molecule has 0 aliphatic carbocycles. The number of rotatable bonds is 2. The minimum absolute atomic E-state index is 0.423. The van der Waals surface area contributed by atoms with Gasteiger partial charge in [0.25, 0.3) is 0 Å². The van der Waals surface area contributed by atoms with Gasteiger partial charge in [-0.2, -0.15) is 0 Å². The van der Waals surface area contributed by atoms with E-state index >= 15 is 0 Å². The molecule has 0 saturated carbocycles. The molecule has 0 rings (SSSR count). The quantitative estimate of drug-likeness (QED) is 0.313. The molecule has 0 unspecified atom stereocenters. The van der Waals surface area contributed by atoms with E-state index in [0.717, 1.165) is 0 Å². The highest BCUT2D eigenvalue weighted by molar-refractivity contribution is 5.82. The number of amidine groups is 2. The van der Waals surface area contributed by atoms with Crippen LogP contribution in [0.4, 0.5) is 0 Å². The van der Waals surface area contributed by atoms with Crippen molar-refractivity contribution in [2.24, 2.45) is 21.7 Å². The molecular weight excluding hydrogens is 116 g/mol. The standard InChI is InChI=1S/C5H12N4/c1-3-5(7)9-8-4(2)6/h3H2,1-2H3,(H2,6,8)(H2,7,9). The average Bonchev–Trinajstić information content (AvgIpc) is 1.83. The normalized spacial score (nSPS) is 14.0. The third kappa shape index (κ3) is 4.80. The van der Waals surface area contributed by atoms with Gasteiger partial charge in [-0.3, -0.25) is 0 Å². The number of hydrogen-bond acceptors (Lipinski definition) is 2. The highest BCUT2D eigenvalue weighted by Crippen LogP contribution is 1.78. The summed E-state index contributed by atoms with van der Waals surface area (Å²) < 4.78 is 0. The Kier molecular flexibility index (Phi) is 3.43. The molecule has 0 fully saturated rings. The van der Waals surface area contributed by atoms with Gasteiger partial charge in [-0.25, -0.2) is 0 Å². The predicted molar refractivity (Wildman–Crippen MR) is 39.2 cm³/mol. The molecule has 0 aromatic rings. The lowest BCUT2D eigenvalue weighted by atomic mass is 10.5. The first-order chi connectivity index (χ1) is 4.16. The van der Waals surface area contributed by atoms with Crippen molar-refractivity contribution in [3.05, 3.63) is 0 Å². The molecule has 4 nitrogen and oxygen atoms in total. The Bertz CT molecular complexity index is 132. The molecule has 4 heteroatoms. The van der Waals surface area contributed by atoms with Crippen LogP contribution in [0.3, 0.4) is 0 Å². The lowest BCUT2D eigenvalue weighted by molar-refractivity contribution is 1.14. The van der Waals surface area contributed by atoms with Gasteiger partial charge in [-0.05, 0) is 6.92 Å². The summed E-state index contributed by atoms with van der Waals surface area (Å²) in [5.41, 5.74) is 10.5. The summed E-state index contributed by atoms with van der Waals surface area (Å²) >= 11 is 0. The van der Waals surface area contributed by atoms with Crippen molar-refractivity contribution in [3.8, 4) is 0 Å².